The average molecular weight is 339 g/mol. The molecule has 2 aromatic rings. The van der Waals surface area contributed by atoms with Gasteiger partial charge in [0.25, 0.3) is 0 Å². The molecule has 2 rings (SSSR count). The first-order chi connectivity index (χ1) is 10.9. The van der Waals surface area contributed by atoms with Crippen LogP contribution < -0.4 is 5.32 Å². The second kappa shape index (κ2) is 7.53. The van der Waals surface area contributed by atoms with E-state index in [1.165, 1.54) is 6.07 Å². The quantitative estimate of drug-likeness (QED) is 0.891. The van der Waals surface area contributed by atoms with Gasteiger partial charge in [-0.3, -0.25) is 9.69 Å². The Bertz CT molecular complexity index is 688. The molecule has 0 spiro atoms. The molecule has 0 saturated heterocycles. The highest BCUT2D eigenvalue weighted by molar-refractivity contribution is 6.30. The Morgan fingerprint density at radius 3 is 2.43 bits per heavy atom. The van der Waals surface area contributed by atoms with Crippen LogP contribution in [0.1, 0.15) is 12.5 Å². The Morgan fingerprint density at radius 2 is 1.83 bits per heavy atom. The lowest BCUT2D eigenvalue weighted by Crippen LogP contribution is -2.39. The number of anilines is 1. The molecular formula is C17H17ClF2N2O. The summed E-state index contributed by atoms with van der Waals surface area (Å²) in [5.74, 6) is -2.09. The molecule has 0 bridgehead atoms. The van der Waals surface area contributed by atoms with Gasteiger partial charge in [0.2, 0.25) is 5.91 Å². The van der Waals surface area contributed by atoms with Crippen LogP contribution in [0.3, 0.4) is 0 Å². The lowest BCUT2D eigenvalue weighted by Gasteiger charge is -2.24. The standard InChI is InChI=1S/C17H17ClF2N2O/c1-11(22(2)10-12-5-3-6-13(18)9-12)17(23)21-16-14(19)7-4-8-15(16)20/h3-9,11H,10H2,1-2H3,(H,21,23)/t11-/m1/s1. The number of hydrogen-bond acceptors (Lipinski definition) is 2. The Hall–Kier alpha value is -1.98. The Balaban J connectivity index is 2.04. The van der Waals surface area contributed by atoms with Gasteiger partial charge in [0.05, 0.1) is 6.04 Å². The van der Waals surface area contributed by atoms with Crippen LogP contribution in [0.15, 0.2) is 42.5 Å². The zero-order valence-corrected chi connectivity index (χ0v) is 13.6. The van der Waals surface area contributed by atoms with Crippen molar-refractivity contribution >= 4 is 23.2 Å². The van der Waals surface area contributed by atoms with Gasteiger partial charge in [0.15, 0.2) is 0 Å². The Kier molecular flexibility index (Phi) is 5.69. The van der Waals surface area contributed by atoms with Crippen LogP contribution in [0.4, 0.5) is 14.5 Å². The molecule has 0 fully saturated rings. The lowest BCUT2D eigenvalue weighted by molar-refractivity contribution is -0.120. The van der Waals surface area contributed by atoms with Crippen LogP contribution in [-0.4, -0.2) is 23.9 Å². The largest absolute Gasteiger partial charge is 0.320 e. The topological polar surface area (TPSA) is 32.3 Å². The third kappa shape index (κ3) is 4.50. The molecular weight excluding hydrogens is 322 g/mol. The molecule has 1 N–H and O–H groups in total. The maximum atomic E-state index is 13.6. The molecule has 0 heterocycles. The second-order valence-electron chi connectivity index (χ2n) is 5.31. The third-order valence-corrected chi connectivity index (χ3v) is 3.81. The van der Waals surface area contributed by atoms with Crippen LogP contribution in [-0.2, 0) is 11.3 Å². The first-order valence-corrected chi connectivity index (χ1v) is 7.46. The van der Waals surface area contributed by atoms with Gasteiger partial charge in [-0.25, -0.2) is 8.78 Å². The number of nitrogens with one attached hydrogen (secondary N) is 1. The highest BCUT2D eigenvalue weighted by Crippen LogP contribution is 2.19. The number of hydrogen-bond donors (Lipinski definition) is 1. The number of para-hydroxylation sites is 1. The molecule has 0 aliphatic heterocycles. The molecule has 1 amide bonds. The number of carbonyl (C=O) groups excluding carboxylic acids is 1. The summed E-state index contributed by atoms with van der Waals surface area (Å²) in [6, 6.07) is 10.1. The molecule has 0 aliphatic carbocycles. The number of halogens is 3. The Labute approximate surface area is 138 Å². The van der Waals surface area contributed by atoms with E-state index in [0.29, 0.717) is 11.6 Å². The predicted molar refractivity (Wildman–Crippen MR) is 87.4 cm³/mol. The van der Waals surface area contributed by atoms with Crippen molar-refractivity contribution in [3.05, 3.63) is 64.7 Å². The van der Waals surface area contributed by atoms with E-state index in [1.54, 1.807) is 31.0 Å². The van der Waals surface area contributed by atoms with Crippen LogP contribution in [0.5, 0.6) is 0 Å². The van der Waals surface area contributed by atoms with Crippen molar-refractivity contribution in [3.8, 4) is 0 Å². The van der Waals surface area contributed by atoms with E-state index in [0.717, 1.165) is 17.7 Å². The number of likely N-dealkylation sites (N-methyl/N-ethyl adjacent to an activating group) is 1. The molecule has 0 unspecified atom stereocenters. The van der Waals surface area contributed by atoms with E-state index in [1.807, 2.05) is 12.1 Å². The van der Waals surface area contributed by atoms with E-state index in [-0.39, 0.29) is 0 Å². The summed E-state index contributed by atoms with van der Waals surface area (Å²) in [7, 11) is 1.75. The van der Waals surface area contributed by atoms with Gasteiger partial charge in [-0.05, 0) is 43.8 Å². The normalized spacial score (nSPS) is 12.3. The lowest BCUT2D eigenvalue weighted by atomic mass is 10.2. The molecule has 3 nitrogen and oxygen atoms in total. The fraction of sp³-hybridized carbons (Fsp3) is 0.235. The highest BCUT2D eigenvalue weighted by Gasteiger charge is 2.21. The SMILES string of the molecule is C[C@H](C(=O)Nc1c(F)cccc1F)N(C)Cc1cccc(Cl)c1. The summed E-state index contributed by atoms with van der Waals surface area (Å²) in [5, 5.41) is 2.91. The minimum Gasteiger partial charge on any atom is -0.320 e. The van der Waals surface area contributed by atoms with E-state index in [9.17, 15) is 13.6 Å². The van der Waals surface area contributed by atoms with Crippen molar-refractivity contribution < 1.29 is 13.6 Å². The van der Waals surface area contributed by atoms with Crippen LogP contribution in [0.25, 0.3) is 0 Å². The summed E-state index contributed by atoms with van der Waals surface area (Å²) >= 11 is 5.93. The summed E-state index contributed by atoms with van der Waals surface area (Å²) in [5.41, 5.74) is 0.511. The smallest absolute Gasteiger partial charge is 0.241 e. The van der Waals surface area contributed by atoms with E-state index < -0.39 is 29.3 Å². The van der Waals surface area contributed by atoms with Crippen molar-refractivity contribution in [2.45, 2.75) is 19.5 Å². The molecule has 0 aliphatic rings. The zero-order chi connectivity index (χ0) is 17.0. The number of carbonyl (C=O) groups is 1. The molecule has 0 radical (unpaired) electrons. The average Bonchev–Trinajstić information content (AvgIpc) is 2.50. The number of rotatable bonds is 5. The van der Waals surface area contributed by atoms with Crippen LogP contribution >= 0.6 is 11.6 Å². The summed E-state index contributed by atoms with van der Waals surface area (Å²) in [6.07, 6.45) is 0. The first-order valence-electron chi connectivity index (χ1n) is 7.08. The predicted octanol–water partition coefficient (Wildman–Crippen LogP) is 4.08. The number of nitrogens with zero attached hydrogens (tertiary/aromatic N) is 1. The van der Waals surface area contributed by atoms with Gasteiger partial charge in [0.1, 0.15) is 17.3 Å². The number of amides is 1. The van der Waals surface area contributed by atoms with Crippen LogP contribution in [0.2, 0.25) is 5.02 Å². The monoisotopic (exact) mass is 338 g/mol. The highest BCUT2D eigenvalue weighted by atomic mass is 35.5. The van der Waals surface area contributed by atoms with Gasteiger partial charge in [0, 0.05) is 11.6 Å². The van der Waals surface area contributed by atoms with Gasteiger partial charge in [-0.1, -0.05) is 29.8 Å². The van der Waals surface area contributed by atoms with Gasteiger partial charge >= 0.3 is 0 Å². The Morgan fingerprint density at radius 1 is 1.22 bits per heavy atom. The fourth-order valence-corrected chi connectivity index (χ4v) is 2.32. The zero-order valence-electron chi connectivity index (χ0n) is 12.8. The van der Waals surface area contributed by atoms with Crippen LogP contribution in [0, 0.1) is 11.6 Å². The van der Waals surface area contributed by atoms with Gasteiger partial charge in [-0.2, -0.15) is 0 Å². The summed E-state index contributed by atoms with van der Waals surface area (Å²) in [6.45, 7) is 2.15. The van der Waals surface area contributed by atoms with E-state index >= 15 is 0 Å². The number of benzene rings is 2. The maximum absolute atomic E-state index is 13.6. The molecule has 2 aromatic carbocycles. The maximum Gasteiger partial charge on any atom is 0.241 e. The van der Waals surface area contributed by atoms with Crippen molar-refractivity contribution in [2.75, 3.05) is 12.4 Å². The van der Waals surface area contributed by atoms with Crippen molar-refractivity contribution in [3.63, 3.8) is 0 Å². The molecule has 122 valence electrons. The van der Waals surface area contributed by atoms with Gasteiger partial charge in [-0.15, -0.1) is 0 Å². The fourth-order valence-electron chi connectivity index (χ4n) is 2.11. The molecule has 6 heteroatoms. The van der Waals surface area contributed by atoms with Crippen molar-refractivity contribution in [2.24, 2.45) is 0 Å². The minimum absolute atomic E-state index is 0.430. The summed E-state index contributed by atoms with van der Waals surface area (Å²) in [4.78, 5) is 14.0. The van der Waals surface area contributed by atoms with Gasteiger partial charge < -0.3 is 5.32 Å². The van der Waals surface area contributed by atoms with E-state index in [2.05, 4.69) is 5.32 Å². The van der Waals surface area contributed by atoms with Crippen molar-refractivity contribution in [1.29, 1.82) is 0 Å². The third-order valence-electron chi connectivity index (χ3n) is 3.57. The molecule has 23 heavy (non-hydrogen) atoms. The summed E-state index contributed by atoms with van der Waals surface area (Å²) < 4.78 is 27.2. The second-order valence-corrected chi connectivity index (χ2v) is 5.74. The minimum atomic E-state index is -0.803. The molecule has 0 saturated carbocycles. The van der Waals surface area contributed by atoms with Crippen molar-refractivity contribution in [1.82, 2.24) is 4.90 Å². The molecule has 1 atom stereocenters. The van der Waals surface area contributed by atoms with E-state index in [4.69, 9.17) is 11.6 Å². The first kappa shape index (κ1) is 17.4. The molecule has 0 aromatic heterocycles.